The fourth-order valence-corrected chi connectivity index (χ4v) is 4.66. The van der Waals surface area contributed by atoms with E-state index < -0.39 is 0 Å². The summed E-state index contributed by atoms with van der Waals surface area (Å²) in [5, 5.41) is 10.3. The Balaban J connectivity index is 1.83. The summed E-state index contributed by atoms with van der Waals surface area (Å²) in [5.41, 5.74) is 0.201. The second kappa shape index (κ2) is 2.75. The summed E-state index contributed by atoms with van der Waals surface area (Å²) in [7, 11) is 0. The lowest BCUT2D eigenvalue weighted by atomic mass is 9.53. The smallest absolute Gasteiger partial charge is 0.0624 e. The highest BCUT2D eigenvalue weighted by Gasteiger charge is 2.61. The molecule has 0 amide bonds. The highest BCUT2D eigenvalue weighted by atomic mass is 16.3. The van der Waals surface area contributed by atoms with Crippen molar-refractivity contribution >= 4 is 0 Å². The Morgan fingerprint density at radius 3 is 2.36 bits per heavy atom. The summed E-state index contributed by atoms with van der Waals surface area (Å²) in [6.45, 7) is 4.50. The van der Waals surface area contributed by atoms with Crippen LogP contribution in [0.2, 0.25) is 0 Å². The Labute approximate surface area is 86.9 Å². The van der Waals surface area contributed by atoms with Gasteiger partial charge < -0.3 is 5.11 Å². The average molecular weight is 194 g/mol. The molecular weight excluding hydrogens is 172 g/mol. The molecule has 1 heteroatoms. The van der Waals surface area contributed by atoms with Crippen LogP contribution in [0.4, 0.5) is 0 Å². The number of hydrogen-bond donors (Lipinski definition) is 1. The second-order valence-corrected chi connectivity index (χ2v) is 6.49. The van der Waals surface area contributed by atoms with Crippen molar-refractivity contribution in [2.75, 3.05) is 0 Å². The van der Waals surface area contributed by atoms with Gasteiger partial charge in [-0.05, 0) is 48.3 Å². The molecule has 0 bridgehead atoms. The van der Waals surface area contributed by atoms with E-state index in [1.165, 1.54) is 32.1 Å². The minimum absolute atomic E-state index is 0.00755. The fourth-order valence-electron chi connectivity index (χ4n) is 4.66. The van der Waals surface area contributed by atoms with E-state index in [-0.39, 0.29) is 11.5 Å². The van der Waals surface area contributed by atoms with E-state index in [2.05, 4.69) is 13.8 Å². The molecule has 3 fully saturated rings. The number of aliphatic hydroxyl groups is 1. The molecule has 1 nitrogen and oxygen atoms in total. The van der Waals surface area contributed by atoms with Crippen molar-refractivity contribution in [3.05, 3.63) is 0 Å². The van der Waals surface area contributed by atoms with E-state index in [4.69, 9.17) is 0 Å². The van der Waals surface area contributed by atoms with Gasteiger partial charge in [0.05, 0.1) is 6.10 Å². The molecule has 3 rings (SSSR count). The van der Waals surface area contributed by atoms with Gasteiger partial charge in [-0.1, -0.05) is 26.7 Å². The topological polar surface area (TPSA) is 20.2 Å². The molecular formula is C13H22O. The van der Waals surface area contributed by atoms with Gasteiger partial charge in [0.1, 0.15) is 0 Å². The Kier molecular flexibility index (Phi) is 1.81. The van der Waals surface area contributed by atoms with E-state index in [0.29, 0.717) is 5.92 Å². The maximum Gasteiger partial charge on any atom is 0.0624 e. The first-order chi connectivity index (χ1) is 6.61. The summed E-state index contributed by atoms with van der Waals surface area (Å²) in [6, 6.07) is 0. The predicted octanol–water partition coefficient (Wildman–Crippen LogP) is 2.83. The molecule has 3 aliphatic carbocycles. The van der Waals surface area contributed by atoms with Gasteiger partial charge in [-0.3, -0.25) is 0 Å². The molecule has 1 unspecified atom stereocenters. The summed E-state index contributed by atoms with van der Waals surface area (Å²) in [6.07, 6.45) is 6.98. The van der Waals surface area contributed by atoms with Gasteiger partial charge in [0.25, 0.3) is 0 Å². The lowest BCUT2D eigenvalue weighted by molar-refractivity contribution is -0.0859. The predicted molar refractivity (Wildman–Crippen MR) is 56.8 cm³/mol. The third-order valence-electron chi connectivity index (χ3n) is 5.34. The molecule has 3 saturated carbocycles. The molecule has 0 aromatic rings. The van der Waals surface area contributed by atoms with Gasteiger partial charge in [0.2, 0.25) is 0 Å². The van der Waals surface area contributed by atoms with Gasteiger partial charge in [-0.2, -0.15) is 0 Å². The highest BCUT2D eigenvalue weighted by Crippen LogP contribution is 2.64. The first-order valence-electron chi connectivity index (χ1n) is 6.29. The minimum Gasteiger partial charge on any atom is -0.392 e. The van der Waals surface area contributed by atoms with Crippen molar-refractivity contribution in [3.8, 4) is 0 Å². The molecule has 0 radical (unpaired) electrons. The number of fused-ring (bicyclic) bond motifs is 4. The molecule has 5 atom stereocenters. The van der Waals surface area contributed by atoms with Crippen molar-refractivity contribution in [1.82, 2.24) is 0 Å². The van der Waals surface area contributed by atoms with Crippen molar-refractivity contribution in [2.24, 2.45) is 29.1 Å². The van der Waals surface area contributed by atoms with E-state index in [9.17, 15) is 5.11 Å². The van der Waals surface area contributed by atoms with E-state index in [1.54, 1.807) is 0 Å². The average Bonchev–Trinajstić information content (AvgIpc) is 2.33. The fraction of sp³-hybridized carbons (Fsp3) is 1.00. The summed E-state index contributed by atoms with van der Waals surface area (Å²) in [4.78, 5) is 0. The van der Waals surface area contributed by atoms with Crippen LogP contribution in [0.5, 0.6) is 0 Å². The van der Waals surface area contributed by atoms with Crippen molar-refractivity contribution in [3.63, 3.8) is 0 Å². The molecule has 0 aliphatic heterocycles. The zero-order chi connectivity index (χ0) is 9.92. The second-order valence-electron chi connectivity index (χ2n) is 6.49. The van der Waals surface area contributed by atoms with Crippen LogP contribution < -0.4 is 0 Å². The maximum absolute atomic E-state index is 10.3. The first kappa shape index (κ1) is 9.21. The normalized spacial score (nSPS) is 54.6. The third-order valence-corrected chi connectivity index (χ3v) is 5.34. The summed E-state index contributed by atoms with van der Waals surface area (Å²) < 4.78 is 0. The number of rotatable bonds is 0. The quantitative estimate of drug-likeness (QED) is 0.628. The maximum atomic E-state index is 10.3. The number of hydrogen-bond acceptors (Lipinski definition) is 1. The SMILES string of the molecule is CC1(C)C[C@H]2[C@H]3CCCC[C@@H]3[C@H]2C1O. The largest absolute Gasteiger partial charge is 0.392 e. The van der Waals surface area contributed by atoms with E-state index >= 15 is 0 Å². The van der Waals surface area contributed by atoms with Gasteiger partial charge in [-0.15, -0.1) is 0 Å². The van der Waals surface area contributed by atoms with Crippen LogP contribution in [-0.4, -0.2) is 11.2 Å². The molecule has 0 aromatic carbocycles. The van der Waals surface area contributed by atoms with Crippen LogP contribution in [0.1, 0.15) is 46.0 Å². The Bertz CT molecular complexity index is 246. The Morgan fingerprint density at radius 1 is 1.00 bits per heavy atom. The molecule has 14 heavy (non-hydrogen) atoms. The molecule has 0 saturated heterocycles. The van der Waals surface area contributed by atoms with Crippen LogP contribution in [0, 0.1) is 29.1 Å². The van der Waals surface area contributed by atoms with Crippen LogP contribution >= 0.6 is 0 Å². The van der Waals surface area contributed by atoms with Crippen molar-refractivity contribution in [1.29, 1.82) is 0 Å². The van der Waals surface area contributed by atoms with Crippen LogP contribution in [0.3, 0.4) is 0 Å². The van der Waals surface area contributed by atoms with Crippen LogP contribution in [0.25, 0.3) is 0 Å². The standard InChI is InChI=1S/C13H22O/c1-13(2)7-10-8-5-3-4-6-9(8)11(10)12(13)14/h8-12,14H,3-7H2,1-2H3/t8-,9-,10-,11+,12?/m0/s1. The summed E-state index contributed by atoms with van der Waals surface area (Å²) in [5.74, 6) is 3.44. The molecule has 0 aromatic heterocycles. The van der Waals surface area contributed by atoms with Crippen LogP contribution in [0.15, 0.2) is 0 Å². The first-order valence-corrected chi connectivity index (χ1v) is 6.29. The third kappa shape index (κ3) is 0.997. The van der Waals surface area contributed by atoms with Gasteiger partial charge in [-0.25, -0.2) is 0 Å². The zero-order valence-corrected chi connectivity index (χ0v) is 9.37. The molecule has 0 spiro atoms. The monoisotopic (exact) mass is 194 g/mol. The molecule has 80 valence electrons. The van der Waals surface area contributed by atoms with E-state index in [1.807, 2.05) is 0 Å². The highest BCUT2D eigenvalue weighted by molar-refractivity contribution is 5.10. The van der Waals surface area contributed by atoms with Gasteiger partial charge >= 0.3 is 0 Å². The lowest BCUT2D eigenvalue weighted by Gasteiger charge is -2.53. The summed E-state index contributed by atoms with van der Waals surface area (Å²) >= 11 is 0. The van der Waals surface area contributed by atoms with Gasteiger partial charge in [0.15, 0.2) is 0 Å². The van der Waals surface area contributed by atoms with Crippen molar-refractivity contribution < 1.29 is 5.11 Å². The lowest BCUT2D eigenvalue weighted by Crippen LogP contribution is -2.49. The zero-order valence-electron chi connectivity index (χ0n) is 9.37. The molecule has 0 heterocycles. The van der Waals surface area contributed by atoms with Crippen LogP contribution in [-0.2, 0) is 0 Å². The van der Waals surface area contributed by atoms with Gasteiger partial charge in [0, 0.05) is 0 Å². The van der Waals surface area contributed by atoms with E-state index in [0.717, 1.165) is 17.8 Å². The van der Waals surface area contributed by atoms with Crippen molar-refractivity contribution in [2.45, 2.75) is 52.1 Å². The number of aliphatic hydroxyl groups excluding tert-OH is 1. The minimum atomic E-state index is -0.00755. The molecule has 3 aliphatic rings. The molecule has 1 N–H and O–H groups in total. The Hall–Kier alpha value is -0.0400. The Morgan fingerprint density at radius 2 is 1.64 bits per heavy atom.